The van der Waals surface area contributed by atoms with Crippen molar-refractivity contribution in [1.82, 2.24) is 0 Å². The second-order valence-electron chi connectivity index (χ2n) is 6.59. The molecule has 1 atom stereocenters. The summed E-state index contributed by atoms with van der Waals surface area (Å²) in [4.78, 5) is 24.1. The Balaban J connectivity index is 1.89. The first-order valence-electron chi connectivity index (χ1n) is 7.89. The van der Waals surface area contributed by atoms with Crippen molar-refractivity contribution >= 4 is 11.9 Å². The highest BCUT2D eigenvalue weighted by atomic mass is 16.6. The van der Waals surface area contributed by atoms with E-state index in [2.05, 4.69) is 13.8 Å². The molecule has 24 heavy (non-hydrogen) atoms. The number of hydrogen-bond acceptors (Lipinski definition) is 5. The summed E-state index contributed by atoms with van der Waals surface area (Å²) < 4.78 is 16.3. The van der Waals surface area contributed by atoms with Crippen molar-refractivity contribution in [3.05, 3.63) is 47.2 Å². The molecule has 0 spiro atoms. The van der Waals surface area contributed by atoms with Crippen LogP contribution in [0.4, 0.5) is 0 Å². The maximum Gasteiger partial charge on any atom is 0.353 e. The molecule has 5 heteroatoms. The van der Waals surface area contributed by atoms with Crippen LogP contribution >= 0.6 is 0 Å². The second kappa shape index (κ2) is 5.82. The number of hydrogen-bond donors (Lipinski definition) is 0. The Morgan fingerprint density at radius 3 is 2.79 bits per heavy atom. The Labute approximate surface area is 140 Å². The molecule has 5 nitrogen and oxygen atoms in total. The normalized spacial score (nSPS) is 21.2. The standard InChI is InChI=1S/C19H20O5/c1-5-11(2)17(20)24-16-9-12-8-15-13(10-14(12)23-18(16)21)19(3,4)6-7-22-15/h5-8,10,16H,9H2,1-4H3/t16-/m0/s1. The molecule has 0 aliphatic carbocycles. The second-order valence-corrected chi connectivity index (χ2v) is 6.59. The van der Waals surface area contributed by atoms with Crippen molar-refractivity contribution in [3.63, 3.8) is 0 Å². The zero-order valence-corrected chi connectivity index (χ0v) is 14.2. The monoisotopic (exact) mass is 328 g/mol. The summed E-state index contributed by atoms with van der Waals surface area (Å²) in [6.45, 7) is 7.51. The van der Waals surface area contributed by atoms with Crippen LogP contribution in [-0.2, 0) is 26.2 Å². The van der Waals surface area contributed by atoms with Crippen LogP contribution in [0.2, 0.25) is 0 Å². The van der Waals surface area contributed by atoms with E-state index in [1.165, 1.54) is 0 Å². The molecular formula is C19H20O5. The van der Waals surface area contributed by atoms with Crippen LogP contribution in [0.25, 0.3) is 0 Å². The molecular weight excluding hydrogens is 308 g/mol. The predicted molar refractivity (Wildman–Crippen MR) is 87.9 cm³/mol. The summed E-state index contributed by atoms with van der Waals surface area (Å²) in [7, 11) is 0. The molecule has 2 aliphatic rings. The first-order valence-corrected chi connectivity index (χ1v) is 7.89. The molecule has 0 N–H and O–H groups in total. The minimum Gasteiger partial charge on any atom is -0.465 e. The van der Waals surface area contributed by atoms with Crippen molar-refractivity contribution in [2.45, 2.75) is 45.6 Å². The van der Waals surface area contributed by atoms with Crippen LogP contribution in [0.5, 0.6) is 11.5 Å². The number of benzene rings is 1. The molecule has 0 amide bonds. The van der Waals surface area contributed by atoms with E-state index in [-0.39, 0.29) is 11.8 Å². The maximum atomic E-state index is 12.2. The predicted octanol–water partition coefficient (Wildman–Crippen LogP) is 3.21. The van der Waals surface area contributed by atoms with Gasteiger partial charge < -0.3 is 14.2 Å². The fourth-order valence-electron chi connectivity index (χ4n) is 2.71. The largest absolute Gasteiger partial charge is 0.465 e. The molecule has 126 valence electrons. The van der Waals surface area contributed by atoms with Crippen molar-refractivity contribution in [3.8, 4) is 11.5 Å². The number of allylic oxidation sites excluding steroid dienone is 2. The van der Waals surface area contributed by atoms with Gasteiger partial charge in [0, 0.05) is 28.5 Å². The molecule has 0 aromatic heterocycles. The van der Waals surface area contributed by atoms with E-state index < -0.39 is 18.0 Å². The van der Waals surface area contributed by atoms with Gasteiger partial charge in [0.25, 0.3) is 0 Å². The fraction of sp³-hybridized carbons (Fsp3) is 0.368. The number of esters is 2. The number of fused-ring (bicyclic) bond motifs is 2. The van der Waals surface area contributed by atoms with Crippen LogP contribution in [-0.4, -0.2) is 18.0 Å². The van der Waals surface area contributed by atoms with Crippen LogP contribution in [0.15, 0.2) is 36.1 Å². The summed E-state index contributed by atoms with van der Waals surface area (Å²) in [5.41, 5.74) is 1.99. The summed E-state index contributed by atoms with van der Waals surface area (Å²) >= 11 is 0. The lowest BCUT2D eigenvalue weighted by atomic mass is 9.82. The highest BCUT2D eigenvalue weighted by Crippen LogP contribution is 2.42. The molecule has 0 saturated heterocycles. The smallest absolute Gasteiger partial charge is 0.353 e. The van der Waals surface area contributed by atoms with Crippen molar-refractivity contribution in [2.24, 2.45) is 0 Å². The Bertz CT molecular complexity index is 770. The van der Waals surface area contributed by atoms with Crippen LogP contribution in [0.1, 0.15) is 38.8 Å². The highest BCUT2D eigenvalue weighted by Gasteiger charge is 2.35. The Kier molecular flexibility index (Phi) is 3.95. The van der Waals surface area contributed by atoms with Gasteiger partial charge in [-0.25, -0.2) is 9.59 Å². The molecule has 1 aromatic rings. The summed E-state index contributed by atoms with van der Waals surface area (Å²) in [6, 6.07) is 3.69. The van der Waals surface area contributed by atoms with Crippen molar-refractivity contribution in [1.29, 1.82) is 0 Å². The lowest BCUT2D eigenvalue weighted by Crippen LogP contribution is -2.37. The van der Waals surface area contributed by atoms with E-state index in [4.69, 9.17) is 14.2 Å². The molecule has 1 aromatic carbocycles. The molecule has 0 fully saturated rings. The quantitative estimate of drug-likeness (QED) is 0.474. The number of carbonyl (C=O) groups is 2. The molecule has 2 aliphatic heterocycles. The lowest BCUT2D eigenvalue weighted by Gasteiger charge is -2.30. The summed E-state index contributed by atoms with van der Waals surface area (Å²) in [6.07, 6.45) is 4.60. The average molecular weight is 328 g/mol. The third-order valence-corrected chi connectivity index (χ3v) is 4.42. The Morgan fingerprint density at radius 2 is 2.08 bits per heavy atom. The van der Waals surface area contributed by atoms with E-state index in [0.29, 0.717) is 11.3 Å². The molecule has 0 bridgehead atoms. The maximum absolute atomic E-state index is 12.2. The zero-order valence-electron chi connectivity index (χ0n) is 14.2. The zero-order chi connectivity index (χ0) is 17.5. The van der Waals surface area contributed by atoms with Gasteiger partial charge >= 0.3 is 11.9 Å². The van der Waals surface area contributed by atoms with E-state index in [1.807, 2.05) is 18.2 Å². The highest BCUT2D eigenvalue weighted by molar-refractivity contribution is 5.91. The van der Waals surface area contributed by atoms with Gasteiger partial charge in [0.05, 0.1) is 6.26 Å². The SMILES string of the molecule is CC=C(C)C(=O)O[C@H]1Cc2cc3c(cc2OC1=O)C(C)(C)C=CO3. The van der Waals surface area contributed by atoms with Crippen molar-refractivity contribution < 1.29 is 23.8 Å². The number of rotatable bonds is 2. The minimum atomic E-state index is -0.940. The first-order chi connectivity index (χ1) is 11.3. The fourth-order valence-corrected chi connectivity index (χ4v) is 2.71. The number of carbonyl (C=O) groups excluding carboxylic acids is 2. The number of ether oxygens (including phenoxy) is 3. The van der Waals surface area contributed by atoms with Gasteiger partial charge in [0.15, 0.2) is 0 Å². The van der Waals surface area contributed by atoms with Gasteiger partial charge in [0.2, 0.25) is 6.10 Å². The van der Waals surface area contributed by atoms with Crippen LogP contribution in [0, 0.1) is 0 Å². The van der Waals surface area contributed by atoms with Gasteiger partial charge in [-0.05, 0) is 32.1 Å². The van der Waals surface area contributed by atoms with Gasteiger partial charge in [-0.15, -0.1) is 0 Å². The first kappa shape index (κ1) is 16.3. The molecule has 0 unspecified atom stereocenters. The third-order valence-electron chi connectivity index (χ3n) is 4.42. The molecule has 0 saturated carbocycles. The Hall–Kier alpha value is -2.56. The van der Waals surface area contributed by atoms with E-state index in [9.17, 15) is 9.59 Å². The molecule has 0 radical (unpaired) electrons. The summed E-state index contributed by atoms with van der Waals surface area (Å²) in [5.74, 6) is 0.167. The summed E-state index contributed by atoms with van der Waals surface area (Å²) in [5, 5.41) is 0. The topological polar surface area (TPSA) is 61.8 Å². The van der Waals surface area contributed by atoms with Crippen LogP contribution < -0.4 is 9.47 Å². The minimum absolute atomic E-state index is 0.207. The Morgan fingerprint density at radius 1 is 1.33 bits per heavy atom. The average Bonchev–Trinajstić information content (AvgIpc) is 2.53. The molecule has 2 heterocycles. The van der Waals surface area contributed by atoms with Gasteiger partial charge in [-0.2, -0.15) is 0 Å². The van der Waals surface area contributed by atoms with E-state index in [1.54, 1.807) is 26.2 Å². The third kappa shape index (κ3) is 2.82. The van der Waals surface area contributed by atoms with E-state index >= 15 is 0 Å². The van der Waals surface area contributed by atoms with Gasteiger partial charge in [-0.3, -0.25) is 0 Å². The van der Waals surface area contributed by atoms with E-state index in [0.717, 1.165) is 16.9 Å². The van der Waals surface area contributed by atoms with Gasteiger partial charge in [-0.1, -0.05) is 19.9 Å². The van der Waals surface area contributed by atoms with Gasteiger partial charge in [0.1, 0.15) is 11.5 Å². The van der Waals surface area contributed by atoms with Crippen LogP contribution in [0.3, 0.4) is 0 Å². The lowest BCUT2D eigenvalue weighted by molar-refractivity contribution is -0.160. The molecule has 3 rings (SSSR count). The van der Waals surface area contributed by atoms with Crippen molar-refractivity contribution in [2.75, 3.05) is 0 Å².